The molecule has 2 amide bonds. The number of hydrogen-bond donors (Lipinski definition) is 0. The van der Waals surface area contributed by atoms with Crippen LogP contribution in [-0.4, -0.2) is 30.4 Å². The molecule has 4 rings (SSSR count). The van der Waals surface area contributed by atoms with Crippen molar-refractivity contribution in [3.8, 4) is 5.75 Å². The molecular formula is C24H27NO3. The molecule has 0 spiro atoms. The van der Waals surface area contributed by atoms with Gasteiger partial charge in [-0.15, -0.1) is 0 Å². The molecule has 2 fully saturated rings. The number of methoxy groups -OCH3 is 1. The number of fused-ring (bicyclic) bond motifs is 1. The standard InChI is InChI=1S/C24H27NO3/c1-28-20-11-7-10-19(16-20)24-14-6-5-12-21(24)23(27)25(22(26)17-24)15-13-18-8-3-2-4-9-18/h2-4,7-11,16,21H,5-6,12-15,17H2,1H3/t21-,24-/m1/s1. The summed E-state index contributed by atoms with van der Waals surface area (Å²) in [7, 11) is 1.65. The average molecular weight is 377 g/mol. The molecular weight excluding hydrogens is 350 g/mol. The summed E-state index contributed by atoms with van der Waals surface area (Å²) < 4.78 is 5.40. The molecule has 0 unspecified atom stereocenters. The minimum absolute atomic E-state index is 0.00898. The van der Waals surface area contributed by atoms with Gasteiger partial charge in [-0.2, -0.15) is 0 Å². The molecule has 1 aliphatic carbocycles. The van der Waals surface area contributed by atoms with Crippen LogP contribution in [0.15, 0.2) is 54.6 Å². The van der Waals surface area contributed by atoms with E-state index < -0.39 is 0 Å². The maximum atomic E-state index is 13.4. The fourth-order valence-electron chi connectivity index (χ4n) is 4.99. The van der Waals surface area contributed by atoms with E-state index in [0.29, 0.717) is 19.4 Å². The summed E-state index contributed by atoms with van der Waals surface area (Å²) in [6.07, 6.45) is 4.95. The molecule has 146 valence electrons. The summed E-state index contributed by atoms with van der Waals surface area (Å²) in [6, 6.07) is 18.0. The number of imide groups is 1. The number of hydrogen-bond acceptors (Lipinski definition) is 3. The second kappa shape index (κ2) is 7.78. The van der Waals surface area contributed by atoms with Crippen LogP contribution < -0.4 is 4.74 Å². The van der Waals surface area contributed by atoms with E-state index in [1.54, 1.807) is 7.11 Å². The van der Waals surface area contributed by atoms with Gasteiger partial charge in [0.1, 0.15) is 5.75 Å². The van der Waals surface area contributed by atoms with E-state index in [9.17, 15) is 9.59 Å². The summed E-state index contributed by atoms with van der Waals surface area (Å²) in [6.45, 7) is 0.465. The lowest BCUT2D eigenvalue weighted by Crippen LogP contribution is -2.57. The lowest BCUT2D eigenvalue weighted by molar-refractivity contribution is -0.157. The highest BCUT2D eigenvalue weighted by atomic mass is 16.5. The van der Waals surface area contributed by atoms with Crippen LogP contribution in [-0.2, 0) is 21.4 Å². The van der Waals surface area contributed by atoms with Gasteiger partial charge < -0.3 is 4.74 Å². The van der Waals surface area contributed by atoms with Gasteiger partial charge in [0.05, 0.1) is 7.11 Å². The first-order valence-corrected chi connectivity index (χ1v) is 10.2. The van der Waals surface area contributed by atoms with Crippen molar-refractivity contribution in [2.24, 2.45) is 5.92 Å². The summed E-state index contributed by atoms with van der Waals surface area (Å²) in [5.74, 6) is 0.626. The van der Waals surface area contributed by atoms with E-state index in [0.717, 1.165) is 42.6 Å². The fraction of sp³-hybridized carbons (Fsp3) is 0.417. The van der Waals surface area contributed by atoms with E-state index in [4.69, 9.17) is 4.74 Å². The number of benzene rings is 2. The summed E-state index contributed by atoms with van der Waals surface area (Å²) in [5, 5.41) is 0. The van der Waals surface area contributed by atoms with E-state index in [1.807, 2.05) is 48.5 Å². The zero-order chi connectivity index (χ0) is 19.6. The third-order valence-corrected chi connectivity index (χ3v) is 6.48. The van der Waals surface area contributed by atoms with Crippen molar-refractivity contribution in [3.63, 3.8) is 0 Å². The topological polar surface area (TPSA) is 46.6 Å². The first kappa shape index (κ1) is 18.7. The van der Waals surface area contributed by atoms with Crippen LogP contribution in [0.1, 0.15) is 43.2 Å². The van der Waals surface area contributed by atoms with E-state index in [1.165, 1.54) is 4.90 Å². The summed E-state index contributed by atoms with van der Waals surface area (Å²) in [5.41, 5.74) is 1.84. The number of rotatable bonds is 5. The number of ether oxygens (including phenoxy) is 1. The van der Waals surface area contributed by atoms with Crippen molar-refractivity contribution >= 4 is 11.8 Å². The Morgan fingerprint density at radius 3 is 2.68 bits per heavy atom. The van der Waals surface area contributed by atoms with Crippen LogP contribution in [0.2, 0.25) is 0 Å². The Balaban J connectivity index is 1.61. The van der Waals surface area contributed by atoms with Crippen LogP contribution in [0.4, 0.5) is 0 Å². The van der Waals surface area contributed by atoms with Gasteiger partial charge in [-0.3, -0.25) is 14.5 Å². The number of nitrogens with zero attached hydrogens (tertiary/aromatic N) is 1. The van der Waals surface area contributed by atoms with E-state index >= 15 is 0 Å². The van der Waals surface area contributed by atoms with Gasteiger partial charge in [-0.1, -0.05) is 55.3 Å². The Hall–Kier alpha value is -2.62. The molecule has 4 nitrogen and oxygen atoms in total. The Kier molecular flexibility index (Phi) is 5.21. The van der Waals surface area contributed by atoms with Crippen LogP contribution in [0.3, 0.4) is 0 Å². The summed E-state index contributed by atoms with van der Waals surface area (Å²) in [4.78, 5) is 28.0. The number of likely N-dealkylation sites (tertiary alicyclic amines) is 1. The first-order valence-electron chi connectivity index (χ1n) is 10.2. The molecule has 1 heterocycles. The Labute approximate surface area is 166 Å². The largest absolute Gasteiger partial charge is 0.497 e. The second-order valence-corrected chi connectivity index (χ2v) is 7.98. The predicted octanol–water partition coefficient (Wildman–Crippen LogP) is 4.12. The van der Waals surface area contributed by atoms with Crippen molar-refractivity contribution in [2.45, 2.75) is 43.9 Å². The molecule has 4 heteroatoms. The lowest BCUT2D eigenvalue weighted by atomic mass is 9.58. The molecule has 0 N–H and O–H groups in total. The number of carbonyl (C=O) groups is 2. The van der Waals surface area contributed by atoms with Gasteiger partial charge in [-0.05, 0) is 42.5 Å². The lowest BCUT2D eigenvalue weighted by Gasteiger charge is -2.49. The Morgan fingerprint density at radius 1 is 1.07 bits per heavy atom. The normalized spacial score (nSPS) is 24.8. The van der Waals surface area contributed by atoms with E-state index in [-0.39, 0.29) is 23.1 Å². The van der Waals surface area contributed by atoms with Crippen molar-refractivity contribution in [2.75, 3.05) is 13.7 Å². The number of carbonyl (C=O) groups excluding carboxylic acids is 2. The molecule has 2 aliphatic rings. The minimum Gasteiger partial charge on any atom is -0.497 e. The van der Waals surface area contributed by atoms with Crippen molar-refractivity contribution in [1.29, 1.82) is 0 Å². The Bertz CT molecular complexity index is 863. The number of amides is 2. The molecule has 0 radical (unpaired) electrons. The van der Waals surface area contributed by atoms with E-state index in [2.05, 4.69) is 6.07 Å². The Morgan fingerprint density at radius 2 is 1.89 bits per heavy atom. The fourth-order valence-corrected chi connectivity index (χ4v) is 4.99. The van der Waals surface area contributed by atoms with Gasteiger partial charge >= 0.3 is 0 Å². The second-order valence-electron chi connectivity index (χ2n) is 7.98. The molecule has 0 aromatic heterocycles. The zero-order valence-electron chi connectivity index (χ0n) is 16.4. The quantitative estimate of drug-likeness (QED) is 0.736. The summed E-state index contributed by atoms with van der Waals surface area (Å²) >= 11 is 0. The monoisotopic (exact) mass is 377 g/mol. The van der Waals surface area contributed by atoms with Gasteiger partial charge in [-0.25, -0.2) is 0 Å². The van der Waals surface area contributed by atoms with Crippen LogP contribution in [0.5, 0.6) is 5.75 Å². The molecule has 1 saturated carbocycles. The molecule has 1 aliphatic heterocycles. The highest BCUT2D eigenvalue weighted by molar-refractivity contribution is 6.01. The average Bonchev–Trinajstić information content (AvgIpc) is 2.74. The predicted molar refractivity (Wildman–Crippen MR) is 108 cm³/mol. The molecule has 28 heavy (non-hydrogen) atoms. The smallest absolute Gasteiger partial charge is 0.233 e. The third kappa shape index (κ3) is 3.32. The highest BCUT2D eigenvalue weighted by Crippen LogP contribution is 2.50. The SMILES string of the molecule is COc1cccc([C@]23CCCC[C@@H]2C(=O)N(CCc2ccccc2)C(=O)C3)c1. The van der Waals surface area contributed by atoms with Gasteiger partial charge in [0.25, 0.3) is 0 Å². The van der Waals surface area contributed by atoms with Gasteiger partial charge in [0.2, 0.25) is 11.8 Å². The van der Waals surface area contributed by atoms with Crippen molar-refractivity contribution < 1.29 is 14.3 Å². The zero-order valence-corrected chi connectivity index (χ0v) is 16.4. The number of piperidine rings is 1. The van der Waals surface area contributed by atoms with Crippen LogP contribution in [0, 0.1) is 5.92 Å². The van der Waals surface area contributed by atoms with Crippen LogP contribution >= 0.6 is 0 Å². The molecule has 2 atom stereocenters. The van der Waals surface area contributed by atoms with Gasteiger partial charge in [0, 0.05) is 24.3 Å². The third-order valence-electron chi connectivity index (χ3n) is 6.48. The maximum absolute atomic E-state index is 13.4. The van der Waals surface area contributed by atoms with Crippen molar-refractivity contribution in [1.82, 2.24) is 4.90 Å². The highest BCUT2D eigenvalue weighted by Gasteiger charge is 2.53. The first-order chi connectivity index (χ1) is 13.6. The van der Waals surface area contributed by atoms with Gasteiger partial charge in [0.15, 0.2) is 0 Å². The molecule has 2 aromatic carbocycles. The molecule has 1 saturated heterocycles. The molecule has 2 aromatic rings. The van der Waals surface area contributed by atoms with Crippen LogP contribution in [0.25, 0.3) is 0 Å². The maximum Gasteiger partial charge on any atom is 0.233 e. The molecule has 0 bridgehead atoms. The minimum atomic E-state index is -0.385. The van der Waals surface area contributed by atoms with Crippen molar-refractivity contribution in [3.05, 3.63) is 65.7 Å².